The number of rotatable bonds is 3. The van der Waals surface area contributed by atoms with Crippen molar-refractivity contribution < 1.29 is 19.1 Å². The topological polar surface area (TPSA) is 66.4 Å². The fourth-order valence-electron chi connectivity index (χ4n) is 2.88. The van der Waals surface area contributed by atoms with Gasteiger partial charge in [0.2, 0.25) is 0 Å². The maximum atomic E-state index is 13.8. The Bertz CT molecular complexity index is 558. The Balaban J connectivity index is 2.33. The van der Waals surface area contributed by atoms with Crippen LogP contribution in [0.5, 0.6) is 0 Å². The van der Waals surface area contributed by atoms with Gasteiger partial charge in [-0.1, -0.05) is 37.4 Å². The van der Waals surface area contributed by atoms with Crippen molar-refractivity contribution in [2.75, 3.05) is 0 Å². The number of hydrogen-bond acceptors (Lipinski definition) is 2. The van der Waals surface area contributed by atoms with Gasteiger partial charge in [-0.15, -0.1) is 0 Å². The first kappa shape index (κ1) is 15.8. The van der Waals surface area contributed by atoms with E-state index >= 15 is 0 Å². The Hall–Kier alpha value is -1.62. The molecule has 0 bridgehead atoms. The number of carbonyl (C=O) groups is 2. The first-order chi connectivity index (χ1) is 9.88. The molecule has 2 rings (SSSR count). The summed E-state index contributed by atoms with van der Waals surface area (Å²) in [5.74, 6) is -2.85. The van der Waals surface area contributed by atoms with E-state index in [0.717, 1.165) is 12.5 Å². The second kappa shape index (κ2) is 6.02. The second-order valence-electron chi connectivity index (χ2n) is 5.47. The van der Waals surface area contributed by atoms with Gasteiger partial charge in [-0.25, -0.2) is 9.18 Å². The maximum Gasteiger partial charge on any atom is 0.329 e. The monoisotopic (exact) mass is 313 g/mol. The van der Waals surface area contributed by atoms with Crippen LogP contribution >= 0.6 is 11.6 Å². The van der Waals surface area contributed by atoms with Crippen LogP contribution in [-0.2, 0) is 4.79 Å². The fraction of sp³-hybridized carbons (Fsp3) is 0.467. The summed E-state index contributed by atoms with van der Waals surface area (Å²) in [5.41, 5.74) is -1.67. The number of carbonyl (C=O) groups excluding carboxylic acids is 1. The van der Waals surface area contributed by atoms with Gasteiger partial charge in [0.05, 0.1) is 10.6 Å². The van der Waals surface area contributed by atoms with Crippen LogP contribution < -0.4 is 5.32 Å². The third-order valence-electron chi connectivity index (χ3n) is 4.21. The van der Waals surface area contributed by atoms with E-state index in [0.29, 0.717) is 19.3 Å². The molecular formula is C15H17ClFNO3. The molecule has 2 N–H and O–H groups in total. The molecule has 1 aliphatic rings. The van der Waals surface area contributed by atoms with Crippen LogP contribution in [0.4, 0.5) is 4.39 Å². The lowest BCUT2D eigenvalue weighted by Crippen LogP contribution is -2.60. The molecule has 0 heterocycles. The Morgan fingerprint density at radius 3 is 2.71 bits per heavy atom. The predicted molar refractivity (Wildman–Crippen MR) is 76.9 cm³/mol. The smallest absolute Gasteiger partial charge is 0.329 e. The van der Waals surface area contributed by atoms with Gasteiger partial charge in [0.25, 0.3) is 5.91 Å². The standard InChI is InChI=1S/C15H17ClFNO3/c1-9-5-2-3-8-15(9,14(20)21)18-13(19)12-10(16)6-4-7-11(12)17/h4,6-7,9H,2-3,5,8H2,1H3,(H,18,19)(H,20,21). The zero-order valence-corrected chi connectivity index (χ0v) is 12.4. The zero-order valence-electron chi connectivity index (χ0n) is 11.7. The van der Waals surface area contributed by atoms with Crippen molar-refractivity contribution in [3.8, 4) is 0 Å². The van der Waals surface area contributed by atoms with Crippen molar-refractivity contribution in [2.24, 2.45) is 5.92 Å². The summed E-state index contributed by atoms with van der Waals surface area (Å²) in [6.07, 6.45) is 2.67. The molecule has 1 fully saturated rings. The maximum absolute atomic E-state index is 13.8. The van der Waals surface area contributed by atoms with E-state index < -0.39 is 23.2 Å². The first-order valence-electron chi connectivity index (χ1n) is 6.88. The highest BCUT2D eigenvalue weighted by Crippen LogP contribution is 2.34. The lowest BCUT2D eigenvalue weighted by molar-refractivity contribution is -0.148. The summed E-state index contributed by atoms with van der Waals surface area (Å²) in [6.45, 7) is 1.79. The molecular weight excluding hydrogens is 297 g/mol. The minimum Gasteiger partial charge on any atom is -0.479 e. The van der Waals surface area contributed by atoms with Crippen molar-refractivity contribution >= 4 is 23.5 Å². The van der Waals surface area contributed by atoms with Crippen LogP contribution in [-0.4, -0.2) is 22.5 Å². The van der Waals surface area contributed by atoms with E-state index in [1.165, 1.54) is 12.1 Å². The predicted octanol–water partition coefficient (Wildman–Crippen LogP) is 3.24. The Morgan fingerprint density at radius 1 is 1.43 bits per heavy atom. The lowest BCUT2D eigenvalue weighted by atomic mass is 9.73. The molecule has 0 aromatic heterocycles. The molecule has 1 saturated carbocycles. The molecule has 1 aliphatic carbocycles. The number of amides is 1. The normalized spacial score (nSPS) is 25.4. The summed E-state index contributed by atoms with van der Waals surface area (Å²) >= 11 is 5.86. The number of hydrogen-bond donors (Lipinski definition) is 2. The fourth-order valence-corrected chi connectivity index (χ4v) is 3.13. The molecule has 1 aromatic carbocycles. The largest absolute Gasteiger partial charge is 0.479 e. The molecule has 0 radical (unpaired) electrons. The highest BCUT2D eigenvalue weighted by Gasteiger charge is 2.46. The zero-order chi connectivity index (χ0) is 15.6. The van der Waals surface area contributed by atoms with Crippen LogP contribution in [0.15, 0.2) is 18.2 Å². The van der Waals surface area contributed by atoms with Crippen LogP contribution in [0.25, 0.3) is 0 Å². The van der Waals surface area contributed by atoms with Crippen LogP contribution in [0, 0.1) is 11.7 Å². The van der Waals surface area contributed by atoms with Crippen LogP contribution in [0.1, 0.15) is 43.0 Å². The number of carboxylic acid groups (broad SMARTS) is 1. The van der Waals surface area contributed by atoms with Crippen LogP contribution in [0.3, 0.4) is 0 Å². The van der Waals surface area contributed by atoms with E-state index in [4.69, 9.17) is 11.6 Å². The van der Waals surface area contributed by atoms with Gasteiger partial charge in [-0.05, 0) is 30.9 Å². The summed E-state index contributed by atoms with van der Waals surface area (Å²) in [7, 11) is 0. The van der Waals surface area contributed by atoms with E-state index in [1.807, 2.05) is 0 Å². The molecule has 114 valence electrons. The average molecular weight is 314 g/mol. The summed E-state index contributed by atoms with van der Waals surface area (Å²) in [6, 6.07) is 3.92. The molecule has 4 nitrogen and oxygen atoms in total. The molecule has 0 aliphatic heterocycles. The Kier molecular flexibility index (Phi) is 4.52. The second-order valence-corrected chi connectivity index (χ2v) is 5.88. The Morgan fingerprint density at radius 2 is 2.14 bits per heavy atom. The summed E-state index contributed by atoms with van der Waals surface area (Å²) in [4.78, 5) is 24.0. The number of halogens is 2. The molecule has 2 atom stereocenters. The van der Waals surface area contributed by atoms with E-state index in [2.05, 4.69) is 5.32 Å². The molecule has 1 aromatic rings. The highest BCUT2D eigenvalue weighted by atomic mass is 35.5. The van der Waals surface area contributed by atoms with Crippen LogP contribution in [0.2, 0.25) is 5.02 Å². The van der Waals surface area contributed by atoms with Gasteiger partial charge < -0.3 is 10.4 Å². The van der Waals surface area contributed by atoms with E-state index in [-0.39, 0.29) is 16.5 Å². The minimum atomic E-state index is -1.36. The van der Waals surface area contributed by atoms with E-state index in [9.17, 15) is 19.1 Å². The third-order valence-corrected chi connectivity index (χ3v) is 4.52. The van der Waals surface area contributed by atoms with Gasteiger partial charge in [-0.2, -0.15) is 0 Å². The minimum absolute atomic E-state index is 0.0310. The average Bonchev–Trinajstić information content (AvgIpc) is 2.41. The summed E-state index contributed by atoms with van der Waals surface area (Å²) in [5, 5.41) is 12.0. The molecule has 0 saturated heterocycles. The van der Waals surface area contributed by atoms with Crippen molar-refractivity contribution in [3.63, 3.8) is 0 Å². The van der Waals surface area contributed by atoms with Crippen molar-refractivity contribution in [1.29, 1.82) is 0 Å². The quantitative estimate of drug-likeness (QED) is 0.900. The van der Waals surface area contributed by atoms with Gasteiger partial charge in [0.15, 0.2) is 0 Å². The van der Waals surface area contributed by atoms with Gasteiger partial charge in [0.1, 0.15) is 11.4 Å². The van der Waals surface area contributed by atoms with Crippen molar-refractivity contribution in [1.82, 2.24) is 5.32 Å². The lowest BCUT2D eigenvalue weighted by Gasteiger charge is -2.39. The SMILES string of the molecule is CC1CCCCC1(NC(=O)c1c(F)cccc1Cl)C(=O)O. The Labute approximate surface area is 127 Å². The molecule has 1 amide bonds. The van der Waals surface area contributed by atoms with Gasteiger partial charge in [-0.3, -0.25) is 4.79 Å². The third kappa shape index (κ3) is 2.88. The molecule has 2 unspecified atom stereocenters. The van der Waals surface area contributed by atoms with Gasteiger partial charge >= 0.3 is 5.97 Å². The van der Waals surface area contributed by atoms with Crippen molar-refractivity contribution in [2.45, 2.75) is 38.1 Å². The highest BCUT2D eigenvalue weighted by molar-refractivity contribution is 6.33. The number of aliphatic carboxylic acids is 1. The molecule has 0 spiro atoms. The molecule has 21 heavy (non-hydrogen) atoms. The first-order valence-corrected chi connectivity index (χ1v) is 7.26. The number of carboxylic acids is 1. The molecule has 6 heteroatoms. The van der Waals surface area contributed by atoms with Gasteiger partial charge in [0, 0.05) is 0 Å². The number of nitrogens with one attached hydrogen (secondary N) is 1. The van der Waals surface area contributed by atoms with E-state index in [1.54, 1.807) is 6.92 Å². The summed E-state index contributed by atoms with van der Waals surface area (Å²) < 4.78 is 13.8. The van der Waals surface area contributed by atoms with Crippen molar-refractivity contribution in [3.05, 3.63) is 34.6 Å². The number of benzene rings is 1.